The van der Waals surface area contributed by atoms with Gasteiger partial charge in [0, 0.05) is 18.8 Å². The second-order valence-corrected chi connectivity index (χ2v) is 5.68. The number of halogens is 1. The number of rotatable bonds is 4. The minimum Gasteiger partial charge on any atom is -0.504 e. The van der Waals surface area contributed by atoms with E-state index in [-0.39, 0.29) is 5.56 Å². The molecule has 1 heterocycles. The Kier molecular flexibility index (Phi) is 4.42. The van der Waals surface area contributed by atoms with Crippen molar-refractivity contribution in [1.82, 2.24) is 0 Å². The van der Waals surface area contributed by atoms with E-state index in [2.05, 4.69) is 17.0 Å². The Morgan fingerprint density at radius 1 is 1.04 bits per heavy atom. The molecule has 0 bridgehead atoms. The normalized spacial score (nSPS) is 14.6. The summed E-state index contributed by atoms with van der Waals surface area (Å²) in [5.41, 5.74) is 2.69. The number of benzene rings is 2. The summed E-state index contributed by atoms with van der Waals surface area (Å²) in [6.45, 7) is 2.16. The fourth-order valence-electron chi connectivity index (χ4n) is 2.82. The van der Waals surface area contributed by atoms with Crippen LogP contribution in [0.1, 0.15) is 34.3 Å². The van der Waals surface area contributed by atoms with E-state index in [1.165, 1.54) is 30.7 Å². The van der Waals surface area contributed by atoms with Crippen LogP contribution < -0.4 is 4.90 Å². The Bertz CT molecular complexity index is 749. The van der Waals surface area contributed by atoms with Crippen LogP contribution in [0.5, 0.6) is 5.75 Å². The molecule has 0 amide bonds. The van der Waals surface area contributed by atoms with E-state index >= 15 is 0 Å². The van der Waals surface area contributed by atoms with Crippen molar-refractivity contribution in [3.8, 4) is 5.75 Å². The molecule has 1 fully saturated rings. The van der Waals surface area contributed by atoms with Gasteiger partial charge in [0.25, 0.3) is 0 Å². The first-order valence-corrected chi connectivity index (χ1v) is 7.68. The number of aromatic hydroxyl groups is 1. The number of phenolic OH excluding ortho intramolecular Hbond substituents is 1. The highest BCUT2D eigenvalue weighted by Gasteiger charge is 2.12. The van der Waals surface area contributed by atoms with Crippen LogP contribution in [0.25, 0.3) is 12.2 Å². The van der Waals surface area contributed by atoms with E-state index in [0.29, 0.717) is 11.8 Å². The zero-order chi connectivity index (χ0) is 16.2. The fourth-order valence-corrected chi connectivity index (χ4v) is 2.82. The van der Waals surface area contributed by atoms with Gasteiger partial charge in [-0.3, -0.25) is 4.79 Å². The van der Waals surface area contributed by atoms with E-state index in [9.17, 15) is 14.3 Å². The molecule has 23 heavy (non-hydrogen) atoms. The molecule has 0 radical (unpaired) electrons. The van der Waals surface area contributed by atoms with Crippen LogP contribution in [0.4, 0.5) is 10.1 Å². The van der Waals surface area contributed by atoms with Gasteiger partial charge in [-0.25, -0.2) is 4.39 Å². The van der Waals surface area contributed by atoms with Crippen molar-refractivity contribution in [3.05, 3.63) is 58.9 Å². The van der Waals surface area contributed by atoms with E-state index in [0.717, 1.165) is 18.7 Å². The first kappa shape index (κ1) is 15.3. The number of hydrogen-bond donors (Lipinski definition) is 1. The van der Waals surface area contributed by atoms with Gasteiger partial charge in [0.1, 0.15) is 0 Å². The molecular formula is C19H18FNO2. The molecule has 0 saturated carbocycles. The molecule has 0 spiro atoms. The highest BCUT2D eigenvalue weighted by molar-refractivity contribution is 5.82. The lowest BCUT2D eigenvalue weighted by Gasteiger charge is -2.17. The van der Waals surface area contributed by atoms with Crippen LogP contribution in [0.2, 0.25) is 0 Å². The second-order valence-electron chi connectivity index (χ2n) is 5.68. The summed E-state index contributed by atoms with van der Waals surface area (Å²) in [6, 6.07) is 10.8. The molecule has 3 rings (SSSR count). The topological polar surface area (TPSA) is 40.5 Å². The van der Waals surface area contributed by atoms with E-state index in [1.807, 2.05) is 18.2 Å². The fraction of sp³-hybridized carbons (Fsp3) is 0.211. The third-order valence-corrected chi connectivity index (χ3v) is 4.05. The highest BCUT2D eigenvalue weighted by atomic mass is 19.1. The van der Waals surface area contributed by atoms with E-state index < -0.39 is 11.6 Å². The Balaban J connectivity index is 1.84. The van der Waals surface area contributed by atoms with Crippen molar-refractivity contribution >= 4 is 24.1 Å². The van der Waals surface area contributed by atoms with Crippen LogP contribution in [0.15, 0.2) is 36.4 Å². The maximum absolute atomic E-state index is 13.6. The molecule has 118 valence electrons. The summed E-state index contributed by atoms with van der Waals surface area (Å²) in [5.74, 6) is -1.40. The number of phenols is 1. The average Bonchev–Trinajstić information content (AvgIpc) is 3.10. The van der Waals surface area contributed by atoms with Crippen molar-refractivity contribution in [2.24, 2.45) is 0 Å². The summed E-state index contributed by atoms with van der Waals surface area (Å²) >= 11 is 0. The predicted molar refractivity (Wildman–Crippen MR) is 90.3 cm³/mol. The molecule has 0 aliphatic carbocycles. The molecule has 4 heteroatoms. The molecule has 3 nitrogen and oxygen atoms in total. The molecule has 0 aromatic heterocycles. The highest BCUT2D eigenvalue weighted by Crippen LogP contribution is 2.24. The molecule has 2 aromatic rings. The van der Waals surface area contributed by atoms with Crippen LogP contribution >= 0.6 is 0 Å². The van der Waals surface area contributed by atoms with Crippen LogP contribution in [-0.4, -0.2) is 24.5 Å². The zero-order valence-electron chi connectivity index (χ0n) is 12.7. The van der Waals surface area contributed by atoms with Gasteiger partial charge >= 0.3 is 0 Å². The Hall–Kier alpha value is -2.62. The summed E-state index contributed by atoms with van der Waals surface area (Å²) in [5, 5.41) is 9.43. The average molecular weight is 311 g/mol. The number of carbonyl (C=O) groups excluding carboxylic acids is 1. The Morgan fingerprint density at radius 2 is 1.78 bits per heavy atom. The van der Waals surface area contributed by atoms with Crippen molar-refractivity contribution < 1.29 is 14.3 Å². The lowest BCUT2D eigenvalue weighted by molar-refractivity contribution is 0.112. The Morgan fingerprint density at radius 3 is 2.52 bits per heavy atom. The summed E-state index contributed by atoms with van der Waals surface area (Å²) in [4.78, 5) is 13.2. The van der Waals surface area contributed by atoms with Gasteiger partial charge in [0.15, 0.2) is 17.9 Å². The molecular weight excluding hydrogens is 293 g/mol. The maximum Gasteiger partial charge on any atom is 0.166 e. The van der Waals surface area contributed by atoms with Gasteiger partial charge in [-0.05, 0) is 48.2 Å². The standard InChI is InChI=1S/C19H18FNO2/c20-18-12-15(10-16(13-22)19(18)23)7-6-14-4-3-5-17(11-14)21-8-1-2-9-21/h3-7,10-13,23H,1-2,8-9H2. The van der Waals surface area contributed by atoms with Gasteiger partial charge < -0.3 is 10.0 Å². The summed E-state index contributed by atoms with van der Waals surface area (Å²) in [6.07, 6.45) is 6.50. The number of aldehydes is 1. The smallest absolute Gasteiger partial charge is 0.166 e. The molecule has 1 saturated heterocycles. The van der Waals surface area contributed by atoms with Gasteiger partial charge in [-0.2, -0.15) is 0 Å². The first-order valence-electron chi connectivity index (χ1n) is 7.68. The largest absolute Gasteiger partial charge is 0.504 e. The van der Waals surface area contributed by atoms with Gasteiger partial charge in [0.05, 0.1) is 5.56 Å². The summed E-state index contributed by atoms with van der Waals surface area (Å²) in [7, 11) is 0. The second kappa shape index (κ2) is 6.65. The molecule has 0 unspecified atom stereocenters. The molecule has 0 atom stereocenters. The molecule has 2 aromatic carbocycles. The molecule has 1 aliphatic heterocycles. The van der Waals surface area contributed by atoms with Crippen LogP contribution in [-0.2, 0) is 0 Å². The maximum atomic E-state index is 13.6. The van der Waals surface area contributed by atoms with Gasteiger partial charge in [0.2, 0.25) is 0 Å². The lowest BCUT2D eigenvalue weighted by atomic mass is 10.1. The monoisotopic (exact) mass is 311 g/mol. The third-order valence-electron chi connectivity index (χ3n) is 4.05. The van der Waals surface area contributed by atoms with Gasteiger partial charge in [-0.15, -0.1) is 0 Å². The minimum atomic E-state index is -0.792. The number of nitrogens with zero attached hydrogens (tertiary/aromatic N) is 1. The molecule has 1 aliphatic rings. The van der Waals surface area contributed by atoms with Crippen molar-refractivity contribution in [2.45, 2.75) is 12.8 Å². The third kappa shape index (κ3) is 3.42. The van der Waals surface area contributed by atoms with Crippen molar-refractivity contribution in [2.75, 3.05) is 18.0 Å². The first-order chi connectivity index (χ1) is 11.2. The van der Waals surface area contributed by atoms with E-state index in [1.54, 1.807) is 6.08 Å². The summed E-state index contributed by atoms with van der Waals surface area (Å²) < 4.78 is 13.6. The van der Waals surface area contributed by atoms with Crippen molar-refractivity contribution in [1.29, 1.82) is 0 Å². The number of carbonyl (C=O) groups is 1. The zero-order valence-corrected chi connectivity index (χ0v) is 12.7. The van der Waals surface area contributed by atoms with Crippen LogP contribution in [0.3, 0.4) is 0 Å². The Labute approximate surface area is 134 Å². The van der Waals surface area contributed by atoms with E-state index in [4.69, 9.17) is 0 Å². The minimum absolute atomic E-state index is 0.0459. The predicted octanol–water partition coefficient (Wildman–Crippen LogP) is 4.11. The molecule has 1 N–H and O–H groups in total. The number of hydrogen-bond acceptors (Lipinski definition) is 3. The lowest BCUT2D eigenvalue weighted by Crippen LogP contribution is -2.17. The van der Waals surface area contributed by atoms with Crippen molar-refractivity contribution in [3.63, 3.8) is 0 Å². The van der Waals surface area contributed by atoms with Crippen LogP contribution in [0, 0.1) is 5.82 Å². The van der Waals surface area contributed by atoms with Gasteiger partial charge in [-0.1, -0.05) is 24.3 Å². The quantitative estimate of drug-likeness (QED) is 0.682. The SMILES string of the molecule is O=Cc1cc(C=Cc2cccc(N3CCCC3)c2)cc(F)c1O. The number of anilines is 1.